The first-order valence-electron chi connectivity index (χ1n) is 6.23. The Bertz CT molecular complexity index is 762. The molecule has 102 valence electrons. The molecule has 3 nitrogen and oxygen atoms in total. The molecule has 2 aromatic heterocycles. The van der Waals surface area contributed by atoms with E-state index in [9.17, 15) is 4.79 Å². The highest BCUT2D eigenvalue weighted by atomic mass is 35.5. The van der Waals surface area contributed by atoms with Gasteiger partial charge in [-0.15, -0.1) is 11.3 Å². The van der Waals surface area contributed by atoms with E-state index in [1.165, 1.54) is 0 Å². The fourth-order valence-electron chi connectivity index (χ4n) is 2.20. The van der Waals surface area contributed by atoms with Gasteiger partial charge in [0.15, 0.2) is 0 Å². The minimum absolute atomic E-state index is 0.344. The molecule has 0 aliphatic rings. The van der Waals surface area contributed by atoms with Crippen LogP contribution in [0.2, 0.25) is 5.02 Å². The number of thiophene rings is 1. The van der Waals surface area contributed by atoms with Crippen LogP contribution in [-0.2, 0) is 4.74 Å². The Balaban J connectivity index is 2.28. The molecule has 1 aromatic carbocycles. The minimum atomic E-state index is -0.344. The van der Waals surface area contributed by atoms with Crippen LogP contribution in [0.1, 0.15) is 17.4 Å². The van der Waals surface area contributed by atoms with Crippen molar-refractivity contribution < 1.29 is 9.53 Å². The van der Waals surface area contributed by atoms with Crippen LogP contribution >= 0.6 is 22.9 Å². The fraction of sp³-hybridized carbons (Fsp3) is 0.133. The quantitative estimate of drug-likeness (QED) is 0.711. The summed E-state index contributed by atoms with van der Waals surface area (Å²) in [5.41, 5.74) is 2.21. The van der Waals surface area contributed by atoms with Crippen LogP contribution < -0.4 is 0 Å². The number of nitrogens with one attached hydrogen (secondary N) is 1. The highest BCUT2D eigenvalue weighted by Crippen LogP contribution is 2.36. The average molecular weight is 306 g/mol. The third-order valence-corrected chi connectivity index (χ3v) is 4.13. The summed E-state index contributed by atoms with van der Waals surface area (Å²) in [6.07, 6.45) is 0. The minimum Gasteiger partial charge on any atom is -0.461 e. The van der Waals surface area contributed by atoms with Gasteiger partial charge in [0, 0.05) is 26.4 Å². The number of aromatic nitrogens is 1. The molecule has 0 fully saturated rings. The molecule has 0 saturated carbocycles. The van der Waals surface area contributed by atoms with Gasteiger partial charge in [-0.3, -0.25) is 0 Å². The fourth-order valence-corrected chi connectivity index (χ4v) is 3.16. The lowest BCUT2D eigenvalue weighted by Crippen LogP contribution is -2.06. The summed E-state index contributed by atoms with van der Waals surface area (Å²) in [5.74, 6) is -0.344. The molecule has 0 saturated heterocycles. The molecular weight excluding hydrogens is 294 g/mol. The molecule has 0 aliphatic carbocycles. The van der Waals surface area contributed by atoms with E-state index in [0.717, 1.165) is 21.3 Å². The van der Waals surface area contributed by atoms with Gasteiger partial charge in [-0.05, 0) is 36.6 Å². The second kappa shape index (κ2) is 5.31. The zero-order valence-corrected chi connectivity index (χ0v) is 12.3. The topological polar surface area (TPSA) is 42.1 Å². The molecule has 0 spiro atoms. The molecule has 0 amide bonds. The van der Waals surface area contributed by atoms with Gasteiger partial charge < -0.3 is 9.72 Å². The predicted octanol–water partition coefficient (Wildman–Crippen LogP) is 4.73. The maximum absolute atomic E-state index is 12.1. The van der Waals surface area contributed by atoms with Crippen molar-refractivity contribution in [3.05, 3.63) is 46.4 Å². The molecular formula is C15H12ClNO2S. The molecule has 0 bridgehead atoms. The zero-order valence-electron chi connectivity index (χ0n) is 10.8. The van der Waals surface area contributed by atoms with Crippen molar-refractivity contribution in [1.29, 1.82) is 0 Å². The zero-order chi connectivity index (χ0) is 14.1. The van der Waals surface area contributed by atoms with E-state index < -0.39 is 0 Å². The summed E-state index contributed by atoms with van der Waals surface area (Å²) in [6.45, 7) is 2.14. The number of hydrogen-bond acceptors (Lipinski definition) is 3. The largest absolute Gasteiger partial charge is 0.461 e. The summed E-state index contributed by atoms with van der Waals surface area (Å²) < 4.78 is 5.13. The van der Waals surface area contributed by atoms with E-state index in [-0.39, 0.29) is 5.97 Å². The van der Waals surface area contributed by atoms with Crippen LogP contribution in [0.25, 0.3) is 21.3 Å². The average Bonchev–Trinajstić information content (AvgIpc) is 3.04. The normalized spacial score (nSPS) is 10.9. The van der Waals surface area contributed by atoms with Crippen LogP contribution in [-0.4, -0.2) is 17.6 Å². The van der Waals surface area contributed by atoms with Crippen molar-refractivity contribution in [3.8, 4) is 10.4 Å². The number of carbonyl (C=O) groups excluding carboxylic acids is 1. The summed E-state index contributed by atoms with van der Waals surface area (Å²) in [6, 6.07) is 9.48. The van der Waals surface area contributed by atoms with Crippen LogP contribution in [0, 0.1) is 0 Å². The van der Waals surface area contributed by atoms with Crippen molar-refractivity contribution in [2.24, 2.45) is 0 Å². The van der Waals surface area contributed by atoms with Crippen LogP contribution in [0.15, 0.2) is 35.7 Å². The lowest BCUT2D eigenvalue weighted by Gasteiger charge is -2.02. The van der Waals surface area contributed by atoms with E-state index >= 15 is 0 Å². The Labute approximate surface area is 125 Å². The molecule has 5 heteroatoms. The lowest BCUT2D eigenvalue weighted by atomic mass is 10.1. The Kier molecular flexibility index (Phi) is 3.51. The first-order chi connectivity index (χ1) is 9.70. The number of halogens is 1. The Hall–Kier alpha value is -1.78. The smallest absolute Gasteiger partial charge is 0.355 e. The number of H-pyrrole nitrogens is 1. The first kappa shape index (κ1) is 13.2. The SMILES string of the molecule is CCOC(=O)c1[nH]c2ccc(Cl)cc2c1-c1cccs1. The van der Waals surface area contributed by atoms with Gasteiger partial charge >= 0.3 is 5.97 Å². The lowest BCUT2D eigenvalue weighted by molar-refractivity contribution is 0.0521. The molecule has 1 N–H and O–H groups in total. The van der Waals surface area contributed by atoms with Crippen molar-refractivity contribution in [1.82, 2.24) is 4.98 Å². The highest BCUT2D eigenvalue weighted by molar-refractivity contribution is 7.13. The predicted molar refractivity (Wildman–Crippen MR) is 82.6 cm³/mol. The third-order valence-electron chi connectivity index (χ3n) is 3.01. The molecule has 3 rings (SSSR count). The second-order valence-electron chi connectivity index (χ2n) is 4.26. The monoisotopic (exact) mass is 305 g/mol. The number of rotatable bonds is 3. The van der Waals surface area contributed by atoms with Crippen molar-refractivity contribution in [2.75, 3.05) is 6.61 Å². The second-order valence-corrected chi connectivity index (χ2v) is 5.65. The Morgan fingerprint density at radius 1 is 1.40 bits per heavy atom. The maximum atomic E-state index is 12.1. The molecule has 20 heavy (non-hydrogen) atoms. The van der Waals surface area contributed by atoms with Gasteiger partial charge in [-0.2, -0.15) is 0 Å². The van der Waals surface area contributed by atoms with E-state index in [1.54, 1.807) is 24.3 Å². The van der Waals surface area contributed by atoms with Crippen molar-refractivity contribution in [3.63, 3.8) is 0 Å². The summed E-state index contributed by atoms with van der Waals surface area (Å²) in [4.78, 5) is 16.3. The summed E-state index contributed by atoms with van der Waals surface area (Å²) in [7, 11) is 0. The van der Waals surface area contributed by atoms with Gasteiger partial charge in [-0.1, -0.05) is 17.7 Å². The number of aromatic amines is 1. The van der Waals surface area contributed by atoms with E-state index in [1.807, 2.05) is 29.6 Å². The maximum Gasteiger partial charge on any atom is 0.355 e. The molecule has 0 atom stereocenters. The van der Waals surface area contributed by atoms with Crippen LogP contribution in [0.5, 0.6) is 0 Å². The summed E-state index contributed by atoms with van der Waals surface area (Å²) >= 11 is 7.66. The Morgan fingerprint density at radius 3 is 2.95 bits per heavy atom. The Morgan fingerprint density at radius 2 is 2.25 bits per heavy atom. The number of carbonyl (C=O) groups is 1. The van der Waals surface area contributed by atoms with Gasteiger partial charge in [0.05, 0.1) is 6.61 Å². The number of hydrogen-bond donors (Lipinski definition) is 1. The molecule has 3 aromatic rings. The molecule has 0 radical (unpaired) electrons. The van der Waals surface area contributed by atoms with E-state index in [4.69, 9.17) is 16.3 Å². The molecule has 0 unspecified atom stereocenters. The van der Waals surface area contributed by atoms with Gasteiger partial charge in [0.1, 0.15) is 5.69 Å². The van der Waals surface area contributed by atoms with Gasteiger partial charge in [0.25, 0.3) is 0 Å². The van der Waals surface area contributed by atoms with E-state index in [0.29, 0.717) is 17.3 Å². The first-order valence-corrected chi connectivity index (χ1v) is 7.48. The summed E-state index contributed by atoms with van der Waals surface area (Å²) in [5, 5.41) is 3.56. The van der Waals surface area contributed by atoms with Crippen LogP contribution in [0.4, 0.5) is 0 Å². The van der Waals surface area contributed by atoms with Crippen molar-refractivity contribution in [2.45, 2.75) is 6.92 Å². The number of fused-ring (bicyclic) bond motifs is 1. The molecule has 0 aliphatic heterocycles. The standard InChI is InChI=1S/C15H12ClNO2S/c1-2-19-15(18)14-13(12-4-3-7-20-12)10-8-9(16)5-6-11(10)17-14/h3-8,17H,2H2,1H3. The number of esters is 1. The van der Waals surface area contributed by atoms with Crippen LogP contribution in [0.3, 0.4) is 0 Å². The van der Waals surface area contributed by atoms with Gasteiger partial charge in [-0.25, -0.2) is 4.79 Å². The number of ether oxygens (including phenoxy) is 1. The third kappa shape index (κ3) is 2.21. The molecule has 2 heterocycles. The number of benzene rings is 1. The van der Waals surface area contributed by atoms with Gasteiger partial charge in [0.2, 0.25) is 0 Å². The van der Waals surface area contributed by atoms with Crippen molar-refractivity contribution >= 4 is 39.8 Å². The van der Waals surface area contributed by atoms with E-state index in [2.05, 4.69) is 4.98 Å². The highest BCUT2D eigenvalue weighted by Gasteiger charge is 2.20.